The fraction of sp³-hybridized carbons (Fsp3) is 0.875. The summed E-state index contributed by atoms with van der Waals surface area (Å²) in [5, 5.41) is 0. The molecule has 4 nitrogen and oxygen atoms in total. The minimum absolute atomic E-state index is 0.0165. The summed E-state index contributed by atoms with van der Waals surface area (Å²) in [6, 6.07) is 0. The van der Waals surface area contributed by atoms with E-state index in [4.69, 9.17) is 9.47 Å². The molecule has 2 aliphatic carbocycles. The van der Waals surface area contributed by atoms with Crippen LogP contribution in [0.4, 0.5) is 0 Å². The number of fused-ring (bicyclic) bond motifs is 1. The molecule has 0 aromatic rings. The molecule has 0 aliphatic heterocycles. The fourth-order valence-corrected chi connectivity index (χ4v) is 3.70. The molecule has 0 heterocycles. The van der Waals surface area contributed by atoms with Crippen LogP contribution in [0.25, 0.3) is 0 Å². The zero-order valence-corrected chi connectivity index (χ0v) is 12.8. The van der Waals surface area contributed by atoms with Crippen LogP contribution in [0.5, 0.6) is 0 Å². The monoisotopic (exact) mass is 282 g/mol. The van der Waals surface area contributed by atoms with E-state index >= 15 is 0 Å². The molecule has 0 aromatic heterocycles. The van der Waals surface area contributed by atoms with Crippen LogP contribution in [0.3, 0.4) is 0 Å². The van der Waals surface area contributed by atoms with Crippen molar-refractivity contribution in [2.24, 2.45) is 29.6 Å². The van der Waals surface area contributed by atoms with Gasteiger partial charge >= 0.3 is 11.9 Å². The average molecular weight is 282 g/mol. The first-order chi connectivity index (χ1) is 9.54. The Kier molecular flexibility index (Phi) is 5.06. The van der Waals surface area contributed by atoms with Gasteiger partial charge in [-0.05, 0) is 36.5 Å². The number of hydrogen-bond donors (Lipinski definition) is 0. The standard InChI is InChI=1S/C16H26O4/c1-4-14(17)19-7-8-20-16(18)11(3)15-12-6-5-10(2)9-13(12)15/h10-13,15H,4-9H2,1-3H3. The van der Waals surface area contributed by atoms with Crippen LogP contribution >= 0.6 is 0 Å². The minimum Gasteiger partial charge on any atom is -0.462 e. The van der Waals surface area contributed by atoms with Crippen LogP contribution < -0.4 is 0 Å². The first-order valence-corrected chi connectivity index (χ1v) is 7.86. The maximum Gasteiger partial charge on any atom is 0.309 e. The zero-order chi connectivity index (χ0) is 14.7. The molecule has 0 saturated heterocycles. The molecule has 0 bridgehead atoms. The first kappa shape index (κ1) is 15.3. The molecule has 0 radical (unpaired) electrons. The third-order valence-electron chi connectivity index (χ3n) is 4.89. The lowest BCUT2D eigenvalue weighted by Gasteiger charge is -2.15. The highest BCUT2D eigenvalue weighted by atomic mass is 16.6. The van der Waals surface area contributed by atoms with Crippen molar-refractivity contribution < 1.29 is 19.1 Å². The van der Waals surface area contributed by atoms with Crippen molar-refractivity contribution in [1.29, 1.82) is 0 Å². The molecule has 114 valence electrons. The van der Waals surface area contributed by atoms with Crippen LogP contribution in [0, 0.1) is 29.6 Å². The van der Waals surface area contributed by atoms with Gasteiger partial charge < -0.3 is 9.47 Å². The van der Waals surface area contributed by atoms with Gasteiger partial charge in [-0.3, -0.25) is 9.59 Å². The zero-order valence-electron chi connectivity index (χ0n) is 12.8. The maximum absolute atomic E-state index is 12.0. The Morgan fingerprint density at radius 1 is 1.15 bits per heavy atom. The molecule has 2 fully saturated rings. The molecule has 0 amide bonds. The highest BCUT2D eigenvalue weighted by Crippen LogP contribution is 2.60. The lowest BCUT2D eigenvalue weighted by atomic mass is 9.91. The maximum atomic E-state index is 12.0. The van der Waals surface area contributed by atoms with E-state index in [-0.39, 0.29) is 31.1 Å². The molecule has 4 heteroatoms. The smallest absolute Gasteiger partial charge is 0.309 e. The second kappa shape index (κ2) is 6.59. The van der Waals surface area contributed by atoms with Crippen LogP contribution in [-0.2, 0) is 19.1 Å². The number of esters is 2. The Hall–Kier alpha value is -1.06. The molecule has 2 saturated carbocycles. The summed E-state index contributed by atoms with van der Waals surface area (Å²) in [5.74, 6) is 2.40. The van der Waals surface area contributed by atoms with Gasteiger partial charge in [-0.25, -0.2) is 0 Å². The van der Waals surface area contributed by atoms with E-state index in [1.807, 2.05) is 6.92 Å². The van der Waals surface area contributed by atoms with Gasteiger partial charge in [-0.2, -0.15) is 0 Å². The van der Waals surface area contributed by atoms with Gasteiger partial charge in [0, 0.05) is 6.42 Å². The van der Waals surface area contributed by atoms with Gasteiger partial charge in [0.1, 0.15) is 13.2 Å². The third kappa shape index (κ3) is 3.53. The van der Waals surface area contributed by atoms with E-state index in [9.17, 15) is 9.59 Å². The molecular formula is C16H26O4. The molecule has 2 rings (SSSR count). The molecule has 0 aromatic carbocycles. The predicted molar refractivity (Wildman–Crippen MR) is 74.9 cm³/mol. The molecule has 0 spiro atoms. The van der Waals surface area contributed by atoms with E-state index in [2.05, 4.69) is 6.92 Å². The Labute approximate surface area is 121 Å². The molecule has 20 heavy (non-hydrogen) atoms. The number of hydrogen-bond acceptors (Lipinski definition) is 4. The molecule has 5 unspecified atom stereocenters. The SMILES string of the molecule is CCC(=O)OCCOC(=O)C(C)C1C2CCC(C)CC21. The number of ether oxygens (including phenoxy) is 2. The second-order valence-electron chi connectivity index (χ2n) is 6.35. The Balaban J connectivity index is 1.67. The summed E-state index contributed by atoms with van der Waals surface area (Å²) in [6.07, 6.45) is 4.18. The summed E-state index contributed by atoms with van der Waals surface area (Å²) in [4.78, 5) is 22.9. The lowest BCUT2D eigenvalue weighted by Crippen LogP contribution is -2.20. The van der Waals surface area contributed by atoms with Crippen LogP contribution in [0.2, 0.25) is 0 Å². The number of carbonyl (C=O) groups excluding carboxylic acids is 2. The third-order valence-corrected chi connectivity index (χ3v) is 4.89. The predicted octanol–water partition coefficient (Wildman–Crippen LogP) is 2.80. The molecule has 0 N–H and O–H groups in total. The van der Waals surface area contributed by atoms with Crippen molar-refractivity contribution >= 4 is 11.9 Å². The summed E-state index contributed by atoms with van der Waals surface area (Å²) >= 11 is 0. The Morgan fingerprint density at radius 3 is 2.50 bits per heavy atom. The van der Waals surface area contributed by atoms with E-state index in [0.29, 0.717) is 12.3 Å². The molecular weight excluding hydrogens is 256 g/mol. The van der Waals surface area contributed by atoms with E-state index in [0.717, 1.165) is 17.8 Å². The second-order valence-corrected chi connectivity index (χ2v) is 6.35. The summed E-state index contributed by atoms with van der Waals surface area (Å²) in [6.45, 7) is 6.37. The van der Waals surface area contributed by atoms with E-state index < -0.39 is 0 Å². The highest BCUT2D eigenvalue weighted by Gasteiger charge is 2.55. The van der Waals surface area contributed by atoms with Crippen molar-refractivity contribution in [3.63, 3.8) is 0 Å². The van der Waals surface area contributed by atoms with Crippen LogP contribution in [0.15, 0.2) is 0 Å². The fourth-order valence-electron chi connectivity index (χ4n) is 3.70. The van der Waals surface area contributed by atoms with Gasteiger partial charge in [0.2, 0.25) is 0 Å². The van der Waals surface area contributed by atoms with E-state index in [1.165, 1.54) is 19.3 Å². The van der Waals surface area contributed by atoms with Gasteiger partial charge in [0.15, 0.2) is 0 Å². The molecule has 2 aliphatic rings. The highest BCUT2D eigenvalue weighted by molar-refractivity contribution is 5.73. The van der Waals surface area contributed by atoms with Gasteiger partial charge in [0.25, 0.3) is 0 Å². The summed E-state index contributed by atoms with van der Waals surface area (Å²) < 4.78 is 10.1. The van der Waals surface area contributed by atoms with Crippen molar-refractivity contribution in [3.05, 3.63) is 0 Å². The number of rotatable bonds is 6. The first-order valence-electron chi connectivity index (χ1n) is 7.86. The number of carbonyl (C=O) groups is 2. The van der Waals surface area contributed by atoms with Crippen molar-refractivity contribution in [2.75, 3.05) is 13.2 Å². The van der Waals surface area contributed by atoms with Crippen LogP contribution in [-0.4, -0.2) is 25.2 Å². The van der Waals surface area contributed by atoms with Gasteiger partial charge in [-0.15, -0.1) is 0 Å². The van der Waals surface area contributed by atoms with Gasteiger partial charge in [0.05, 0.1) is 5.92 Å². The minimum atomic E-state index is -0.253. The topological polar surface area (TPSA) is 52.6 Å². The summed E-state index contributed by atoms with van der Waals surface area (Å²) in [5.41, 5.74) is 0. The van der Waals surface area contributed by atoms with Gasteiger partial charge in [-0.1, -0.05) is 27.2 Å². The largest absolute Gasteiger partial charge is 0.462 e. The summed E-state index contributed by atoms with van der Waals surface area (Å²) in [7, 11) is 0. The van der Waals surface area contributed by atoms with Crippen molar-refractivity contribution in [2.45, 2.75) is 46.5 Å². The quantitative estimate of drug-likeness (QED) is 0.555. The van der Waals surface area contributed by atoms with Crippen molar-refractivity contribution in [3.8, 4) is 0 Å². The normalized spacial score (nSPS) is 33.0. The lowest BCUT2D eigenvalue weighted by molar-refractivity contribution is -0.155. The molecule has 5 atom stereocenters. The van der Waals surface area contributed by atoms with Crippen LogP contribution in [0.1, 0.15) is 46.5 Å². The Morgan fingerprint density at radius 2 is 1.85 bits per heavy atom. The van der Waals surface area contributed by atoms with Crippen molar-refractivity contribution in [1.82, 2.24) is 0 Å². The average Bonchev–Trinajstić information content (AvgIpc) is 3.14. The Bertz CT molecular complexity index is 365. The van der Waals surface area contributed by atoms with E-state index in [1.54, 1.807) is 6.92 Å².